The van der Waals surface area contributed by atoms with Crippen molar-refractivity contribution in [2.75, 3.05) is 11.9 Å². The third-order valence-electron chi connectivity index (χ3n) is 3.53. The second-order valence-electron chi connectivity index (χ2n) is 4.82. The Labute approximate surface area is 107 Å². The van der Waals surface area contributed by atoms with E-state index in [2.05, 4.69) is 4.98 Å². The first-order chi connectivity index (χ1) is 8.70. The highest BCUT2D eigenvalue weighted by Crippen LogP contribution is 2.28. The molecule has 4 nitrogen and oxygen atoms in total. The third kappa shape index (κ3) is 2.86. The van der Waals surface area contributed by atoms with Crippen molar-refractivity contribution in [3.63, 3.8) is 0 Å². The van der Waals surface area contributed by atoms with Crippen molar-refractivity contribution in [1.82, 2.24) is 4.98 Å². The molecule has 1 fully saturated rings. The van der Waals surface area contributed by atoms with Gasteiger partial charge >= 0.3 is 0 Å². The first-order valence-electron chi connectivity index (χ1n) is 6.33. The average Bonchev–Trinajstić information content (AvgIpc) is 2.91. The highest BCUT2D eigenvalue weighted by atomic mass is 16.2. The minimum atomic E-state index is 0.110. The summed E-state index contributed by atoms with van der Waals surface area (Å²) in [6.07, 6.45) is 6.93. The molecule has 0 unspecified atom stereocenters. The Kier molecular flexibility index (Phi) is 3.93. The van der Waals surface area contributed by atoms with Crippen molar-refractivity contribution < 1.29 is 4.79 Å². The zero-order valence-electron chi connectivity index (χ0n) is 10.6. The van der Waals surface area contributed by atoms with E-state index in [4.69, 9.17) is 5.26 Å². The highest BCUT2D eigenvalue weighted by Gasteiger charge is 2.21. The van der Waals surface area contributed by atoms with Crippen LogP contribution in [-0.4, -0.2) is 17.9 Å². The maximum Gasteiger partial charge on any atom is 0.228 e. The number of rotatable bonds is 3. The standard InChI is InChI=1S/C14H17N3O/c1-17(13-7-6-12(9-15)10-16-13)14(18)8-11-4-2-3-5-11/h6-7,10-11H,2-5,8H2,1H3. The number of carbonyl (C=O) groups is 1. The quantitative estimate of drug-likeness (QED) is 0.819. The van der Waals surface area contributed by atoms with Gasteiger partial charge in [-0.3, -0.25) is 9.69 Å². The molecule has 0 saturated heterocycles. The zero-order chi connectivity index (χ0) is 13.0. The monoisotopic (exact) mass is 243 g/mol. The summed E-state index contributed by atoms with van der Waals surface area (Å²) in [4.78, 5) is 17.8. The SMILES string of the molecule is CN(C(=O)CC1CCCC1)c1ccc(C#N)cn1. The molecule has 0 spiro atoms. The first kappa shape index (κ1) is 12.6. The molecule has 0 atom stereocenters. The summed E-state index contributed by atoms with van der Waals surface area (Å²) in [7, 11) is 1.74. The predicted molar refractivity (Wildman–Crippen MR) is 68.9 cm³/mol. The van der Waals surface area contributed by atoms with Gasteiger partial charge in [-0.1, -0.05) is 12.8 Å². The van der Waals surface area contributed by atoms with Crippen LogP contribution in [0.4, 0.5) is 5.82 Å². The van der Waals surface area contributed by atoms with Crippen molar-refractivity contribution in [3.05, 3.63) is 23.9 Å². The molecule has 18 heavy (non-hydrogen) atoms. The first-order valence-corrected chi connectivity index (χ1v) is 6.33. The summed E-state index contributed by atoms with van der Waals surface area (Å²) < 4.78 is 0. The molecule has 0 bridgehead atoms. The van der Waals surface area contributed by atoms with Gasteiger partial charge in [-0.05, 0) is 30.9 Å². The van der Waals surface area contributed by atoms with Crippen LogP contribution >= 0.6 is 0 Å². The lowest BCUT2D eigenvalue weighted by molar-refractivity contribution is -0.119. The van der Waals surface area contributed by atoms with E-state index < -0.39 is 0 Å². The Hall–Kier alpha value is -1.89. The van der Waals surface area contributed by atoms with E-state index >= 15 is 0 Å². The number of nitriles is 1. The molecule has 94 valence electrons. The van der Waals surface area contributed by atoms with Gasteiger partial charge in [0.25, 0.3) is 0 Å². The van der Waals surface area contributed by atoms with Gasteiger partial charge in [0.05, 0.1) is 5.56 Å². The van der Waals surface area contributed by atoms with Crippen molar-refractivity contribution >= 4 is 11.7 Å². The van der Waals surface area contributed by atoms with Crippen LogP contribution in [0.1, 0.15) is 37.7 Å². The number of hydrogen-bond donors (Lipinski definition) is 0. The van der Waals surface area contributed by atoms with E-state index in [1.54, 1.807) is 24.1 Å². The molecule has 1 saturated carbocycles. The molecule has 1 amide bonds. The Morgan fingerprint density at radius 3 is 2.78 bits per heavy atom. The molecule has 4 heteroatoms. The lowest BCUT2D eigenvalue weighted by Gasteiger charge is -2.18. The molecule has 1 aliphatic carbocycles. The topological polar surface area (TPSA) is 57.0 Å². The van der Waals surface area contributed by atoms with Gasteiger partial charge in [-0.15, -0.1) is 0 Å². The smallest absolute Gasteiger partial charge is 0.228 e. The van der Waals surface area contributed by atoms with Gasteiger partial charge in [0.1, 0.15) is 11.9 Å². The van der Waals surface area contributed by atoms with Crippen LogP contribution in [0, 0.1) is 17.2 Å². The molecular formula is C14H17N3O. The fourth-order valence-electron chi connectivity index (χ4n) is 2.38. The zero-order valence-corrected chi connectivity index (χ0v) is 10.6. The lowest BCUT2D eigenvalue weighted by Crippen LogP contribution is -2.28. The average molecular weight is 243 g/mol. The minimum absolute atomic E-state index is 0.110. The summed E-state index contributed by atoms with van der Waals surface area (Å²) in [5.74, 6) is 1.26. The molecule has 1 heterocycles. The molecule has 2 rings (SSSR count). The van der Waals surface area contributed by atoms with Gasteiger partial charge in [0.2, 0.25) is 5.91 Å². The van der Waals surface area contributed by atoms with E-state index in [-0.39, 0.29) is 5.91 Å². The molecule has 0 N–H and O–H groups in total. The van der Waals surface area contributed by atoms with Gasteiger partial charge < -0.3 is 0 Å². The van der Waals surface area contributed by atoms with E-state index in [0.29, 0.717) is 23.7 Å². The predicted octanol–water partition coefficient (Wildman–Crippen LogP) is 2.50. The second-order valence-corrected chi connectivity index (χ2v) is 4.82. The number of anilines is 1. The normalized spacial score (nSPS) is 15.3. The third-order valence-corrected chi connectivity index (χ3v) is 3.53. The molecular weight excluding hydrogens is 226 g/mol. The molecule has 1 aromatic heterocycles. The highest BCUT2D eigenvalue weighted by molar-refractivity contribution is 5.91. The largest absolute Gasteiger partial charge is 0.300 e. The molecule has 1 aliphatic rings. The lowest BCUT2D eigenvalue weighted by atomic mass is 10.0. The van der Waals surface area contributed by atoms with E-state index in [1.165, 1.54) is 31.9 Å². The van der Waals surface area contributed by atoms with Crippen LogP contribution in [0.25, 0.3) is 0 Å². The van der Waals surface area contributed by atoms with Crippen molar-refractivity contribution in [2.24, 2.45) is 5.92 Å². The fourth-order valence-corrected chi connectivity index (χ4v) is 2.38. The summed E-state index contributed by atoms with van der Waals surface area (Å²) in [5, 5.41) is 8.70. The van der Waals surface area contributed by atoms with Gasteiger partial charge in [0, 0.05) is 19.7 Å². The second kappa shape index (κ2) is 5.63. The number of hydrogen-bond acceptors (Lipinski definition) is 3. The van der Waals surface area contributed by atoms with Crippen molar-refractivity contribution in [3.8, 4) is 6.07 Å². The van der Waals surface area contributed by atoms with Crippen LogP contribution in [0.5, 0.6) is 0 Å². The summed E-state index contributed by atoms with van der Waals surface area (Å²) >= 11 is 0. The van der Waals surface area contributed by atoms with E-state index in [0.717, 1.165) is 0 Å². The molecule has 1 aromatic rings. The van der Waals surface area contributed by atoms with Gasteiger partial charge in [0.15, 0.2) is 0 Å². The van der Waals surface area contributed by atoms with Gasteiger partial charge in [-0.25, -0.2) is 4.98 Å². The van der Waals surface area contributed by atoms with E-state index in [9.17, 15) is 4.79 Å². The van der Waals surface area contributed by atoms with Crippen molar-refractivity contribution in [2.45, 2.75) is 32.1 Å². The molecule has 0 radical (unpaired) electrons. The maximum atomic E-state index is 12.1. The molecule has 0 aliphatic heterocycles. The minimum Gasteiger partial charge on any atom is -0.300 e. The van der Waals surface area contributed by atoms with Crippen LogP contribution < -0.4 is 4.90 Å². The Bertz CT molecular complexity index is 455. The Balaban J connectivity index is 1.98. The van der Waals surface area contributed by atoms with Crippen LogP contribution in [0.3, 0.4) is 0 Å². The number of amides is 1. The summed E-state index contributed by atoms with van der Waals surface area (Å²) in [6, 6.07) is 5.41. The summed E-state index contributed by atoms with van der Waals surface area (Å²) in [5.41, 5.74) is 0.510. The van der Waals surface area contributed by atoms with Gasteiger partial charge in [-0.2, -0.15) is 5.26 Å². The number of pyridine rings is 1. The summed E-state index contributed by atoms with van der Waals surface area (Å²) in [6.45, 7) is 0. The van der Waals surface area contributed by atoms with Crippen LogP contribution in [0.15, 0.2) is 18.3 Å². The number of carbonyl (C=O) groups excluding carboxylic acids is 1. The molecule has 0 aromatic carbocycles. The Morgan fingerprint density at radius 2 is 2.22 bits per heavy atom. The van der Waals surface area contributed by atoms with Crippen molar-refractivity contribution in [1.29, 1.82) is 5.26 Å². The Morgan fingerprint density at radius 1 is 1.50 bits per heavy atom. The van der Waals surface area contributed by atoms with E-state index in [1.807, 2.05) is 6.07 Å². The number of aromatic nitrogens is 1. The van der Waals surface area contributed by atoms with Crippen LogP contribution in [0.2, 0.25) is 0 Å². The van der Waals surface area contributed by atoms with Crippen LogP contribution in [-0.2, 0) is 4.79 Å². The maximum absolute atomic E-state index is 12.1. The fraction of sp³-hybridized carbons (Fsp3) is 0.500. The number of nitrogens with zero attached hydrogens (tertiary/aromatic N) is 3.